The lowest BCUT2D eigenvalue weighted by Crippen LogP contribution is -1.87. The largest absolute Gasteiger partial charge is 0.178 e. The summed E-state index contributed by atoms with van der Waals surface area (Å²) in [7, 11) is 0. The van der Waals surface area contributed by atoms with Gasteiger partial charge in [0.05, 0.1) is 0 Å². The second-order valence-corrected chi connectivity index (χ2v) is 1.98. The van der Waals surface area contributed by atoms with Gasteiger partial charge in [0.25, 0.3) is 0 Å². The first-order chi connectivity index (χ1) is 3.43. The summed E-state index contributed by atoms with van der Waals surface area (Å²) in [5.41, 5.74) is 0. The molecule has 0 heterocycles. The molecule has 7 heavy (non-hydrogen) atoms. The molecule has 0 bridgehead atoms. The Morgan fingerprint density at radius 3 is 2.14 bits per heavy atom. The third-order valence-corrected chi connectivity index (χ3v) is 1.46. The van der Waals surface area contributed by atoms with Crippen LogP contribution in [0, 0.1) is 5.92 Å². The van der Waals surface area contributed by atoms with Crippen LogP contribution < -0.4 is 0 Å². The number of allylic oxidation sites excluding steroid dienone is 4. The van der Waals surface area contributed by atoms with E-state index in [-0.39, 0.29) is 0 Å². The molecule has 0 N–H and O–H groups in total. The van der Waals surface area contributed by atoms with Crippen LogP contribution in [0.3, 0.4) is 0 Å². The molecule has 0 atom stereocenters. The molecule has 0 saturated heterocycles. The Morgan fingerprint density at radius 1 is 1.29 bits per heavy atom. The van der Waals surface area contributed by atoms with Crippen molar-refractivity contribution >= 4 is 12.6 Å². The van der Waals surface area contributed by atoms with Gasteiger partial charge < -0.3 is 0 Å². The molecular weight excluding hydrogens is 104 g/mol. The predicted molar refractivity (Wildman–Crippen MR) is 35.6 cm³/mol. The van der Waals surface area contributed by atoms with E-state index in [4.69, 9.17) is 0 Å². The van der Waals surface area contributed by atoms with Gasteiger partial charge in [0.1, 0.15) is 0 Å². The lowest BCUT2D eigenvalue weighted by Gasteiger charge is -1.93. The van der Waals surface area contributed by atoms with Gasteiger partial charge in [-0.05, 0) is 0 Å². The maximum absolute atomic E-state index is 4.11. The highest BCUT2D eigenvalue weighted by Crippen LogP contribution is 2.08. The van der Waals surface area contributed by atoms with Gasteiger partial charge in [-0.25, -0.2) is 0 Å². The summed E-state index contributed by atoms with van der Waals surface area (Å²) in [6.45, 7) is 0. The van der Waals surface area contributed by atoms with Crippen LogP contribution in [0.4, 0.5) is 0 Å². The number of rotatable bonds is 1. The van der Waals surface area contributed by atoms with E-state index in [0.717, 1.165) is 5.75 Å². The van der Waals surface area contributed by atoms with Crippen LogP contribution in [0.25, 0.3) is 0 Å². The molecule has 0 saturated carbocycles. The summed E-state index contributed by atoms with van der Waals surface area (Å²) in [4.78, 5) is 0. The monoisotopic (exact) mass is 112 g/mol. The molecule has 0 unspecified atom stereocenters. The molecule has 0 aromatic rings. The van der Waals surface area contributed by atoms with Crippen LogP contribution in [0.15, 0.2) is 24.3 Å². The van der Waals surface area contributed by atoms with Crippen molar-refractivity contribution in [1.29, 1.82) is 0 Å². The van der Waals surface area contributed by atoms with Crippen molar-refractivity contribution in [2.75, 3.05) is 5.75 Å². The number of thiol groups is 1. The molecule has 1 rings (SSSR count). The lowest BCUT2D eigenvalue weighted by molar-refractivity contribution is 0.981. The van der Waals surface area contributed by atoms with Gasteiger partial charge >= 0.3 is 0 Å². The summed E-state index contributed by atoms with van der Waals surface area (Å²) in [6, 6.07) is 0. The number of hydrogen-bond acceptors (Lipinski definition) is 1. The van der Waals surface area contributed by atoms with E-state index < -0.39 is 0 Å². The van der Waals surface area contributed by atoms with Crippen LogP contribution >= 0.6 is 12.6 Å². The highest BCUT2D eigenvalue weighted by atomic mass is 32.1. The zero-order chi connectivity index (χ0) is 5.11. The van der Waals surface area contributed by atoms with Crippen molar-refractivity contribution in [2.45, 2.75) is 0 Å². The average molecular weight is 112 g/mol. The van der Waals surface area contributed by atoms with E-state index in [9.17, 15) is 0 Å². The quantitative estimate of drug-likeness (QED) is 0.490. The van der Waals surface area contributed by atoms with Crippen molar-refractivity contribution in [3.05, 3.63) is 24.3 Å². The second kappa shape index (κ2) is 2.22. The van der Waals surface area contributed by atoms with Gasteiger partial charge in [-0.2, -0.15) is 12.6 Å². The fourth-order valence-electron chi connectivity index (χ4n) is 0.600. The Kier molecular flexibility index (Phi) is 1.58. The molecule has 0 aromatic heterocycles. The van der Waals surface area contributed by atoms with Crippen LogP contribution in [-0.2, 0) is 0 Å². The summed E-state index contributed by atoms with van der Waals surface area (Å²) < 4.78 is 0. The first-order valence-corrected chi connectivity index (χ1v) is 3.02. The minimum Gasteiger partial charge on any atom is -0.178 e. The Balaban J connectivity index is 2.44. The molecule has 0 nitrogen and oxygen atoms in total. The first kappa shape index (κ1) is 4.98. The first-order valence-electron chi connectivity index (χ1n) is 2.39. The Labute approximate surface area is 49.3 Å². The van der Waals surface area contributed by atoms with E-state index in [1.807, 2.05) is 0 Å². The van der Waals surface area contributed by atoms with Gasteiger partial charge in [-0.1, -0.05) is 24.3 Å². The van der Waals surface area contributed by atoms with Crippen LogP contribution in [-0.4, -0.2) is 5.75 Å². The lowest BCUT2D eigenvalue weighted by atomic mass is 10.2. The average Bonchev–Trinajstić information content (AvgIpc) is 2.14. The highest BCUT2D eigenvalue weighted by Gasteiger charge is 1.96. The molecule has 1 aliphatic rings. The van der Waals surface area contributed by atoms with Gasteiger partial charge in [-0.15, -0.1) is 0 Å². The fourth-order valence-corrected chi connectivity index (χ4v) is 0.843. The van der Waals surface area contributed by atoms with Gasteiger partial charge in [0.15, 0.2) is 0 Å². The van der Waals surface area contributed by atoms with Crippen molar-refractivity contribution in [1.82, 2.24) is 0 Å². The molecule has 0 amide bonds. The van der Waals surface area contributed by atoms with Crippen molar-refractivity contribution < 1.29 is 0 Å². The van der Waals surface area contributed by atoms with Crippen molar-refractivity contribution in [2.24, 2.45) is 5.92 Å². The van der Waals surface area contributed by atoms with Crippen molar-refractivity contribution in [3.8, 4) is 0 Å². The molecule has 0 spiro atoms. The predicted octanol–water partition coefficient (Wildman–Crippen LogP) is 1.66. The zero-order valence-corrected chi connectivity index (χ0v) is 4.94. The minimum atomic E-state index is 0.600. The highest BCUT2D eigenvalue weighted by molar-refractivity contribution is 7.80. The summed E-state index contributed by atoms with van der Waals surface area (Å²) >= 11 is 4.11. The Hall–Kier alpha value is -0.170. The molecule has 0 aliphatic heterocycles. The second-order valence-electron chi connectivity index (χ2n) is 1.62. The Morgan fingerprint density at radius 2 is 1.86 bits per heavy atom. The standard InChI is InChI=1S/C6H8S/c7-5-6-3-1-2-4-6/h1-4,6-7H,5H2. The minimum absolute atomic E-state index is 0.600. The van der Waals surface area contributed by atoms with Crippen molar-refractivity contribution in [3.63, 3.8) is 0 Å². The van der Waals surface area contributed by atoms with Gasteiger partial charge in [-0.3, -0.25) is 0 Å². The fraction of sp³-hybridized carbons (Fsp3) is 0.333. The summed E-state index contributed by atoms with van der Waals surface area (Å²) in [5.74, 6) is 1.54. The smallest absolute Gasteiger partial charge is 0.00410 e. The Bertz CT molecular complexity index is 90.7. The topological polar surface area (TPSA) is 0 Å². The third-order valence-electron chi connectivity index (χ3n) is 1.04. The summed E-state index contributed by atoms with van der Waals surface area (Å²) in [5, 5.41) is 0. The molecule has 0 aromatic carbocycles. The van der Waals surface area contributed by atoms with E-state index in [2.05, 4.69) is 36.9 Å². The molecule has 0 radical (unpaired) electrons. The van der Waals surface area contributed by atoms with E-state index in [1.54, 1.807) is 0 Å². The molecule has 38 valence electrons. The van der Waals surface area contributed by atoms with E-state index in [1.165, 1.54) is 0 Å². The maximum atomic E-state index is 4.11. The summed E-state index contributed by atoms with van der Waals surface area (Å²) in [6.07, 6.45) is 8.40. The van der Waals surface area contributed by atoms with E-state index >= 15 is 0 Å². The molecule has 0 fully saturated rings. The molecular formula is C6H8S. The van der Waals surface area contributed by atoms with Crippen LogP contribution in [0.5, 0.6) is 0 Å². The molecule has 1 aliphatic carbocycles. The van der Waals surface area contributed by atoms with E-state index in [0.29, 0.717) is 5.92 Å². The van der Waals surface area contributed by atoms with Crippen LogP contribution in [0.2, 0.25) is 0 Å². The third kappa shape index (κ3) is 1.10. The number of hydrogen-bond donors (Lipinski definition) is 1. The van der Waals surface area contributed by atoms with Gasteiger partial charge in [0, 0.05) is 11.7 Å². The maximum Gasteiger partial charge on any atom is 0.00410 e. The van der Waals surface area contributed by atoms with Gasteiger partial charge in [0.2, 0.25) is 0 Å². The zero-order valence-electron chi connectivity index (χ0n) is 4.04. The van der Waals surface area contributed by atoms with Crippen LogP contribution in [0.1, 0.15) is 0 Å². The molecule has 1 heteroatoms. The SMILES string of the molecule is SCC1C=CC=C1. The normalized spacial score (nSPS) is 19.0.